The highest BCUT2D eigenvalue weighted by Crippen LogP contribution is 2.45. The van der Waals surface area contributed by atoms with Gasteiger partial charge in [-0.25, -0.2) is 0 Å². The van der Waals surface area contributed by atoms with Gasteiger partial charge in [-0.2, -0.15) is 0 Å². The van der Waals surface area contributed by atoms with E-state index < -0.39 is 0 Å². The molecule has 0 N–H and O–H groups in total. The molecule has 0 heterocycles. The number of allylic oxidation sites excluding steroid dienone is 3. The Morgan fingerprint density at radius 2 is 2.17 bits per heavy atom. The van der Waals surface area contributed by atoms with E-state index in [2.05, 4.69) is 39.8 Å². The van der Waals surface area contributed by atoms with E-state index >= 15 is 0 Å². The molecule has 0 radical (unpaired) electrons. The first-order valence-electron chi connectivity index (χ1n) is 6.77. The molecule has 0 unspecified atom stereocenters. The number of hydrogen-bond donors (Lipinski definition) is 0. The van der Waals surface area contributed by atoms with Crippen molar-refractivity contribution < 1.29 is 9.53 Å². The van der Waals surface area contributed by atoms with E-state index in [4.69, 9.17) is 4.74 Å². The second-order valence-electron chi connectivity index (χ2n) is 6.08. The maximum Gasteiger partial charge on any atom is 0.303 e. The minimum atomic E-state index is -0.226. The van der Waals surface area contributed by atoms with Gasteiger partial charge in [0, 0.05) is 12.8 Å². The van der Waals surface area contributed by atoms with Crippen molar-refractivity contribution in [1.29, 1.82) is 0 Å². The Hall–Kier alpha value is -1.05. The van der Waals surface area contributed by atoms with E-state index in [0.29, 0.717) is 11.8 Å². The van der Waals surface area contributed by atoms with Crippen LogP contribution < -0.4 is 0 Å². The molecule has 0 bridgehead atoms. The number of hydrogen-bond acceptors (Lipinski definition) is 2. The molecule has 0 spiro atoms. The maximum atomic E-state index is 10.9. The summed E-state index contributed by atoms with van der Waals surface area (Å²) in [6.45, 7) is 12.5. The summed E-state index contributed by atoms with van der Waals surface area (Å²) >= 11 is 0. The van der Waals surface area contributed by atoms with Crippen molar-refractivity contribution in [1.82, 2.24) is 0 Å². The number of rotatable bonds is 3. The molecule has 1 aliphatic rings. The van der Waals surface area contributed by atoms with Gasteiger partial charge in [0.2, 0.25) is 0 Å². The van der Waals surface area contributed by atoms with Crippen LogP contribution in [0, 0.1) is 17.3 Å². The first-order chi connectivity index (χ1) is 8.25. The monoisotopic (exact) mass is 250 g/mol. The SMILES string of the molecule is CC(=O)O[C@H](C)C=C[C@@H]1C(C)=CC[C@@H](C)C1(C)C. The lowest BCUT2D eigenvalue weighted by atomic mass is 9.63. The number of esters is 1. The van der Waals surface area contributed by atoms with Crippen molar-refractivity contribution in [2.45, 2.75) is 54.1 Å². The Kier molecular flexibility index (Phi) is 4.78. The minimum absolute atomic E-state index is 0.150. The number of carbonyl (C=O) groups excluding carboxylic acids is 1. The largest absolute Gasteiger partial charge is 0.459 e. The fourth-order valence-corrected chi connectivity index (χ4v) is 2.66. The van der Waals surface area contributed by atoms with Gasteiger partial charge < -0.3 is 4.74 Å². The van der Waals surface area contributed by atoms with Crippen molar-refractivity contribution in [2.75, 3.05) is 0 Å². The van der Waals surface area contributed by atoms with Gasteiger partial charge in [0.25, 0.3) is 0 Å². The molecule has 1 aliphatic carbocycles. The molecule has 0 amide bonds. The highest BCUT2D eigenvalue weighted by atomic mass is 16.5. The van der Waals surface area contributed by atoms with E-state index in [0.717, 1.165) is 6.42 Å². The summed E-state index contributed by atoms with van der Waals surface area (Å²) in [5.41, 5.74) is 1.68. The van der Waals surface area contributed by atoms with E-state index in [1.54, 1.807) is 0 Å². The number of ether oxygens (including phenoxy) is 1. The highest BCUT2D eigenvalue weighted by Gasteiger charge is 2.36. The molecule has 0 aromatic rings. The Bertz CT molecular complexity index is 363. The zero-order valence-electron chi connectivity index (χ0n) is 12.5. The predicted octanol–water partition coefficient (Wildman–Crippen LogP) is 4.12. The topological polar surface area (TPSA) is 26.3 Å². The van der Waals surface area contributed by atoms with Crippen LogP contribution in [-0.4, -0.2) is 12.1 Å². The van der Waals surface area contributed by atoms with Crippen LogP contribution in [0.4, 0.5) is 0 Å². The second kappa shape index (κ2) is 5.73. The summed E-state index contributed by atoms with van der Waals surface area (Å²) in [7, 11) is 0. The molecule has 102 valence electrons. The van der Waals surface area contributed by atoms with Gasteiger partial charge in [-0.3, -0.25) is 4.79 Å². The molecule has 2 heteroatoms. The third-order valence-corrected chi connectivity index (χ3v) is 4.28. The molecular formula is C16H26O2. The van der Waals surface area contributed by atoms with Gasteiger partial charge in [-0.1, -0.05) is 38.5 Å². The molecule has 0 saturated carbocycles. The molecule has 0 fully saturated rings. The van der Waals surface area contributed by atoms with Gasteiger partial charge >= 0.3 is 5.97 Å². The third-order valence-electron chi connectivity index (χ3n) is 4.28. The number of carbonyl (C=O) groups is 1. The van der Waals surface area contributed by atoms with E-state index in [1.807, 2.05) is 13.0 Å². The maximum absolute atomic E-state index is 10.9. The molecule has 0 aromatic carbocycles. The van der Waals surface area contributed by atoms with Crippen LogP contribution in [0.3, 0.4) is 0 Å². The van der Waals surface area contributed by atoms with Gasteiger partial charge in [0.05, 0.1) is 0 Å². The average Bonchev–Trinajstić information content (AvgIpc) is 2.22. The summed E-state index contributed by atoms with van der Waals surface area (Å²) < 4.78 is 5.13. The van der Waals surface area contributed by atoms with Crippen LogP contribution in [0.1, 0.15) is 48.0 Å². The Labute approximate surface area is 111 Å². The van der Waals surface area contributed by atoms with E-state index in [9.17, 15) is 4.79 Å². The molecule has 1 rings (SSSR count). The zero-order valence-corrected chi connectivity index (χ0v) is 12.5. The van der Waals surface area contributed by atoms with Crippen molar-refractivity contribution in [3.8, 4) is 0 Å². The smallest absolute Gasteiger partial charge is 0.303 e. The predicted molar refractivity (Wildman–Crippen MR) is 75.2 cm³/mol. The Morgan fingerprint density at radius 3 is 2.72 bits per heavy atom. The standard InChI is InChI=1S/C16H26O2/c1-11-7-8-12(2)16(5,6)15(11)10-9-13(3)18-14(4)17/h7,9-10,12-13,15H,8H2,1-6H3/t12-,13-,15-/m1/s1. The average molecular weight is 250 g/mol. The van der Waals surface area contributed by atoms with Gasteiger partial charge in [0.1, 0.15) is 6.10 Å². The fraction of sp³-hybridized carbons (Fsp3) is 0.688. The molecule has 0 saturated heterocycles. The molecular weight excluding hydrogens is 224 g/mol. The normalized spacial score (nSPS) is 28.9. The Morgan fingerprint density at radius 1 is 1.56 bits per heavy atom. The molecule has 2 nitrogen and oxygen atoms in total. The quantitative estimate of drug-likeness (QED) is 0.556. The van der Waals surface area contributed by atoms with Gasteiger partial charge in [-0.15, -0.1) is 0 Å². The van der Waals surface area contributed by atoms with Crippen molar-refractivity contribution >= 4 is 5.97 Å². The first kappa shape index (κ1) is 15.0. The lowest BCUT2D eigenvalue weighted by molar-refractivity contribution is -0.143. The summed E-state index contributed by atoms with van der Waals surface area (Å²) in [6.07, 6.45) is 7.55. The van der Waals surface area contributed by atoms with Gasteiger partial charge in [-0.05, 0) is 37.7 Å². The van der Waals surface area contributed by atoms with Crippen LogP contribution in [0.5, 0.6) is 0 Å². The summed E-state index contributed by atoms with van der Waals surface area (Å²) in [5, 5.41) is 0. The molecule has 18 heavy (non-hydrogen) atoms. The van der Waals surface area contributed by atoms with Crippen LogP contribution in [0.25, 0.3) is 0 Å². The molecule has 0 aromatic heterocycles. The summed E-state index contributed by atoms with van der Waals surface area (Å²) in [6, 6.07) is 0. The van der Waals surface area contributed by atoms with E-state index in [1.165, 1.54) is 12.5 Å². The van der Waals surface area contributed by atoms with E-state index in [-0.39, 0.29) is 17.5 Å². The summed E-state index contributed by atoms with van der Waals surface area (Å²) in [4.78, 5) is 10.9. The Balaban J connectivity index is 2.80. The van der Waals surface area contributed by atoms with Crippen LogP contribution in [-0.2, 0) is 9.53 Å². The van der Waals surface area contributed by atoms with Crippen LogP contribution in [0.2, 0.25) is 0 Å². The molecule has 3 atom stereocenters. The first-order valence-corrected chi connectivity index (χ1v) is 6.77. The second-order valence-corrected chi connectivity index (χ2v) is 6.08. The minimum Gasteiger partial charge on any atom is -0.459 e. The lowest BCUT2D eigenvalue weighted by Crippen LogP contribution is -2.33. The van der Waals surface area contributed by atoms with Crippen molar-refractivity contribution in [2.24, 2.45) is 17.3 Å². The highest BCUT2D eigenvalue weighted by molar-refractivity contribution is 5.66. The summed E-state index contributed by atoms with van der Waals surface area (Å²) in [5.74, 6) is 0.870. The zero-order chi connectivity index (χ0) is 13.9. The van der Waals surface area contributed by atoms with Crippen molar-refractivity contribution in [3.05, 3.63) is 23.8 Å². The lowest BCUT2D eigenvalue weighted by Gasteiger charge is -2.42. The third kappa shape index (κ3) is 3.47. The fourth-order valence-electron chi connectivity index (χ4n) is 2.66. The molecule has 0 aliphatic heterocycles. The van der Waals surface area contributed by atoms with Crippen molar-refractivity contribution in [3.63, 3.8) is 0 Å². The van der Waals surface area contributed by atoms with Gasteiger partial charge in [0.15, 0.2) is 0 Å². The van der Waals surface area contributed by atoms with Crippen LogP contribution in [0.15, 0.2) is 23.8 Å². The van der Waals surface area contributed by atoms with Crippen LogP contribution >= 0.6 is 0 Å².